The number of aromatic nitrogens is 12. The molecule has 0 spiro atoms. The number of rotatable bonds is 10. The molecule has 0 unspecified atom stereocenters. The molecule has 12 nitrogen and oxygen atoms in total. The van der Waals surface area contributed by atoms with Crippen LogP contribution in [0.4, 0.5) is 0 Å². The predicted molar refractivity (Wildman–Crippen MR) is 214 cm³/mol. The van der Waals surface area contributed by atoms with Gasteiger partial charge < -0.3 is 9.13 Å². The van der Waals surface area contributed by atoms with Crippen LogP contribution in [0.5, 0.6) is 0 Å². The zero-order valence-corrected chi connectivity index (χ0v) is 32.8. The van der Waals surface area contributed by atoms with Crippen LogP contribution in [0.3, 0.4) is 0 Å². The lowest BCUT2D eigenvalue weighted by Gasteiger charge is -2.12. The molecule has 0 aliphatic heterocycles. The Morgan fingerprint density at radius 3 is 1.67 bits per heavy atom. The Labute approximate surface area is 330 Å². The summed E-state index contributed by atoms with van der Waals surface area (Å²) in [5.74, 6) is 0. The third-order valence-electron chi connectivity index (χ3n) is 8.34. The highest BCUT2D eigenvalue weighted by Gasteiger charge is 2.15. The van der Waals surface area contributed by atoms with Gasteiger partial charge in [-0.3, -0.25) is 0 Å². The maximum absolute atomic E-state index is 5.95. The van der Waals surface area contributed by atoms with E-state index in [4.69, 9.17) is 23.2 Å². The van der Waals surface area contributed by atoms with Gasteiger partial charge >= 0.3 is 0 Å². The first-order chi connectivity index (χ1) is 26.2. The van der Waals surface area contributed by atoms with Gasteiger partial charge in [0.1, 0.15) is 24.0 Å². The Hall–Kier alpha value is -5.28. The van der Waals surface area contributed by atoms with Crippen molar-refractivity contribution >= 4 is 46.7 Å². The topological polar surface area (TPSA) is 123 Å². The van der Waals surface area contributed by atoms with Crippen molar-refractivity contribution in [1.82, 2.24) is 59.5 Å². The van der Waals surface area contributed by atoms with E-state index in [1.807, 2.05) is 102 Å². The quantitative estimate of drug-likeness (QED) is 0.124. The van der Waals surface area contributed by atoms with Crippen LogP contribution in [0.2, 0.25) is 10.0 Å². The van der Waals surface area contributed by atoms with Gasteiger partial charge in [-0.2, -0.15) is 9.90 Å². The largest absolute Gasteiger partial charge is 0.312 e. The van der Waals surface area contributed by atoms with Crippen molar-refractivity contribution in [2.24, 2.45) is 14.1 Å². The van der Waals surface area contributed by atoms with Crippen LogP contribution in [-0.4, -0.2) is 59.5 Å². The minimum atomic E-state index is 0.221. The van der Waals surface area contributed by atoms with E-state index in [0.29, 0.717) is 10.0 Å². The van der Waals surface area contributed by atoms with Crippen LogP contribution in [-0.2, 0) is 14.1 Å². The maximum atomic E-state index is 5.95. The van der Waals surface area contributed by atoms with E-state index in [9.17, 15) is 0 Å². The summed E-state index contributed by atoms with van der Waals surface area (Å²) in [6.07, 6.45) is 7.09. The lowest BCUT2D eigenvalue weighted by molar-refractivity contribution is 0.752. The summed E-state index contributed by atoms with van der Waals surface area (Å²) in [5.41, 5.74) is 7.80. The van der Waals surface area contributed by atoms with Crippen molar-refractivity contribution in [2.45, 2.75) is 34.7 Å². The minimum absolute atomic E-state index is 0.221. The van der Waals surface area contributed by atoms with Crippen LogP contribution in [0.25, 0.3) is 33.9 Å². The van der Waals surface area contributed by atoms with Gasteiger partial charge in [0.25, 0.3) is 0 Å². The van der Waals surface area contributed by atoms with Crippen molar-refractivity contribution in [3.8, 4) is 33.9 Å². The average molecular weight is 794 g/mol. The molecule has 2 atom stereocenters. The van der Waals surface area contributed by atoms with Gasteiger partial charge in [0.15, 0.2) is 10.3 Å². The number of halogens is 2. The van der Waals surface area contributed by atoms with Gasteiger partial charge in [-0.25, -0.2) is 4.68 Å². The summed E-state index contributed by atoms with van der Waals surface area (Å²) >= 11 is 15.2. The fourth-order valence-electron chi connectivity index (χ4n) is 5.32. The van der Waals surface area contributed by atoms with E-state index in [1.165, 1.54) is 11.1 Å². The van der Waals surface area contributed by atoms with Gasteiger partial charge in [0.2, 0.25) is 0 Å². The highest BCUT2D eigenvalue weighted by molar-refractivity contribution is 7.99. The molecule has 4 aromatic heterocycles. The standard InChI is InChI=1S/2C19H17ClN6S/c1-13(27-19-23-21-12-25(19)2)15-4-3-5-17(10-15)26-11-18(22-24-26)14-6-8-16(20)9-7-14;1-13(27-19-23-21-12-25(19)2)15-4-3-5-17(10-15)26-22-11-18(24-26)14-6-8-16(20)9-7-14/h2*3-13H,1-2H3/t2*13-/m00/s1. The van der Waals surface area contributed by atoms with Gasteiger partial charge in [-0.05, 0) is 73.5 Å². The van der Waals surface area contributed by atoms with Crippen molar-refractivity contribution in [3.05, 3.63) is 143 Å². The molecular formula is C38H34Cl2N12S2. The van der Waals surface area contributed by atoms with Crippen molar-refractivity contribution < 1.29 is 0 Å². The zero-order chi connectivity index (χ0) is 37.6. The third kappa shape index (κ3) is 8.91. The molecule has 0 saturated carbocycles. The number of thioether (sulfide) groups is 2. The molecule has 0 fully saturated rings. The van der Waals surface area contributed by atoms with E-state index in [2.05, 4.69) is 79.0 Å². The van der Waals surface area contributed by atoms with Crippen LogP contribution in [0.15, 0.2) is 132 Å². The lowest BCUT2D eigenvalue weighted by atomic mass is 10.1. The van der Waals surface area contributed by atoms with Crippen LogP contribution in [0, 0.1) is 0 Å². The Balaban J connectivity index is 0.000000167. The Morgan fingerprint density at radius 1 is 0.611 bits per heavy atom. The first-order valence-electron chi connectivity index (χ1n) is 16.8. The molecule has 0 aliphatic rings. The molecule has 0 amide bonds. The van der Waals surface area contributed by atoms with E-state index < -0.39 is 0 Å². The van der Waals surface area contributed by atoms with E-state index in [0.717, 1.165) is 44.2 Å². The SMILES string of the molecule is C[C@H](Sc1nncn1C)c1cccc(-n2cc(-c3ccc(Cl)cc3)nn2)c1.C[C@H](Sc1nncn1C)c1cccc(-n2ncc(-c3ccc(Cl)cc3)n2)c1. The molecule has 0 bridgehead atoms. The van der Waals surface area contributed by atoms with Gasteiger partial charge in [-0.1, -0.05) is 100 Å². The summed E-state index contributed by atoms with van der Waals surface area (Å²) in [6, 6.07) is 31.6. The molecular weight excluding hydrogens is 760 g/mol. The van der Waals surface area contributed by atoms with Crippen molar-refractivity contribution in [2.75, 3.05) is 0 Å². The van der Waals surface area contributed by atoms with Gasteiger partial charge in [0, 0.05) is 45.8 Å². The Kier molecular flexibility index (Phi) is 11.5. The molecule has 4 heterocycles. The fourth-order valence-corrected chi connectivity index (χ4v) is 7.38. The molecule has 8 aromatic rings. The van der Waals surface area contributed by atoms with Crippen molar-refractivity contribution in [3.63, 3.8) is 0 Å². The molecule has 0 aliphatic carbocycles. The third-order valence-corrected chi connectivity index (χ3v) is 11.3. The van der Waals surface area contributed by atoms with E-state index in [-0.39, 0.29) is 10.5 Å². The van der Waals surface area contributed by atoms with Crippen molar-refractivity contribution in [1.29, 1.82) is 0 Å². The summed E-state index contributed by atoms with van der Waals surface area (Å²) in [7, 11) is 3.89. The number of nitrogens with zero attached hydrogens (tertiary/aromatic N) is 12. The van der Waals surface area contributed by atoms with E-state index in [1.54, 1.807) is 51.9 Å². The first kappa shape index (κ1) is 37.1. The highest BCUT2D eigenvalue weighted by Crippen LogP contribution is 2.35. The molecule has 54 heavy (non-hydrogen) atoms. The molecule has 8 rings (SSSR count). The lowest BCUT2D eigenvalue weighted by Crippen LogP contribution is -2.01. The molecule has 16 heteroatoms. The van der Waals surface area contributed by atoms with Gasteiger partial charge in [0.05, 0.1) is 23.8 Å². The second kappa shape index (κ2) is 16.8. The predicted octanol–water partition coefficient (Wildman–Crippen LogP) is 9.14. The first-order valence-corrected chi connectivity index (χ1v) is 19.3. The summed E-state index contributed by atoms with van der Waals surface area (Å²) < 4.78 is 5.62. The molecule has 0 N–H and O–H groups in total. The molecule has 0 radical (unpaired) electrons. The van der Waals surface area contributed by atoms with Crippen LogP contribution in [0.1, 0.15) is 35.5 Å². The molecule has 4 aromatic carbocycles. The summed E-state index contributed by atoms with van der Waals surface area (Å²) in [5, 5.41) is 37.3. The smallest absolute Gasteiger partial charge is 0.191 e. The minimum Gasteiger partial charge on any atom is -0.312 e. The Bertz CT molecular complexity index is 2280. The highest BCUT2D eigenvalue weighted by atomic mass is 35.5. The summed E-state index contributed by atoms with van der Waals surface area (Å²) in [4.78, 5) is 1.65. The molecule has 272 valence electrons. The normalized spacial score (nSPS) is 12.3. The summed E-state index contributed by atoms with van der Waals surface area (Å²) in [6.45, 7) is 4.30. The number of benzene rings is 4. The van der Waals surface area contributed by atoms with Gasteiger partial charge in [-0.15, -0.1) is 30.6 Å². The second-order valence-electron chi connectivity index (χ2n) is 12.2. The second-order valence-corrected chi connectivity index (χ2v) is 15.7. The molecule has 0 saturated heterocycles. The zero-order valence-electron chi connectivity index (χ0n) is 29.6. The van der Waals surface area contributed by atoms with E-state index >= 15 is 0 Å². The fraction of sp³-hybridized carbons (Fsp3) is 0.158. The number of hydrogen-bond acceptors (Lipinski definition) is 10. The van der Waals surface area contributed by atoms with Crippen LogP contribution < -0.4 is 0 Å². The average Bonchev–Trinajstić information content (AvgIpc) is 4.03. The number of aryl methyl sites for hydroxylation is 2. The monoisotopic (exact) mass is 792 g/mol. The Morgan fingerprint density at radius 2 is 1.13 bits per heavy atom. The maximum Gasteiger partial charge on any atom is 0.191 e. The van der Waals surface area contributed by atoms with Crippen LogP contribution >= 0.6 is 46.7 Å². The number of hydrogen-bond donors (Lipinski definition) is 0.